The Balaban J connectivity index is 1.57. The lowest BCUT2D eigenvalue weighted by atomic mass is 10.00. The molecule has 0 spiro atoms. The zero-order chi connectivity index (χ0) is 36.6. The fourth-order valence-electron chi connectivity index (χ4n) is 5.65. The number of para-hydroxylation sites is 1. The van der Waals surface area contributed by atoms with Crippen LogP contribution < -0.4 is 14.4 Å². The Morgan fingerprint density at radius 1 is 0.725 bits per heavy atom. The highest BCUT2D eigenvalue weighted by Crippen LogP contribution is 2.29. The van der Waals surface area contributed by atoms with Gasteiger partial charge in [-0.3, -0.25) is 13.9 Å². The zero-order valence-corrected chi connectivity index (χ0v) is 30.6. The first-order chi connectivity index (χ1) is 24.3. The van der Waals surface area contributed by atoms with E-state index in [-0.39, 0.29) is 29.5 Å². The quantitative estimate of drug-likeness (QED) is 0.135. The summed E-state index contributed by atoms with van der Waals surface area (Å²) in [7, 11) is -4.24. The summed E-state index contributed by atoms with van der Waals surface area (Å²) in [5.74, 6) is 0.286. The van der Waals surface area contributed by atoms with E-state index in [0.29, 0.717) is 11.5 Å². The highest BCUT2D eigenvalue weighted by molar-refractivity contribution is 7.92. The smallest absolute Gasteiger partial charge is 0.264 e. The van der Waals surface area contributed by atoms with Crippen molar-refractivity contribution in [1.82, 2.24) is 10.2 Å². The third-order valence-electron chi connectivity index (χ3n) is 8.36. The normalized spacial score (nSPS) is 12.1. The van der Waals surface area contributed by atoms with Gasteiger partial charge in [0.25, 0.3) is 10.0 Å². The number of rotatable bonds is 13. The number of ether oxygens (including phenoxy) is 1. The van der Waals surface area contributed by atoms with Gasteiger partial charge < -0.3 is 15.0 Å². The summed E-state index contributed by atoms with van der Waals surface area (Å²) in [6.45, 7) is 9.05. The van der Waals surface area contributed by atoms with E-state index < -0.39 is 34.1 Å². The predicted molar refractivity (Wildman–Crippen MR) is 202 cm³/mol. The SMILES string of the molecule is Cc1ccc(S(=O)(=O)N(CC(=O)N(Cc2ccccc2C)C(Cc2ccccc2)C(=O)NC(C)(C)C)c2ccc(Oc3ccccc3)cc2)cc1. The lowest BCUT2D eigenvalue weighted by molar-refractivity contribution is -0.140. The largest absolute Gasteiger partial charge is 0.457 e. The minimum absolute atomic E-state index is 0.0438. The van der Waals surface area contributed by atoms with Crippen LogP contribution in [0.3, 0.4) is 0 Å². The number of nitrogens with zero attached hydrogens (tertiary/aromatic N) is 2. The molecule has 264 valence electrons. The van der Waals surface area contributed by atoms with Gasteiger partial charge in [-0.15, -0.1) is 0 Å². The lowest BCUT2D eigenvalue weighted by Crippen LogP contribution is -2.56. The molecule has 1 atom stereocenters. The van der Waals surface area contributed by atoms with Gasteiger partial charge in [-0.2, -0.15) is 0 Å². The zero-order valence-electron chi connectivity index (χ0n) is 29.7. The average Bonchev–Trinajstić information content (AvgIpc) is 3.10. The second kappa shape index (κ2) is 16.1. The lowest BCUT2D eigenvalue weighted by Gasteiger charge is -2.35. The van der Waals surface area contributed by atoms with Crippen LogP contribution in [0.5, 0.6) is 11.5 Å². The van der Waals surface area contributed by atoms with Crippen LogP contribution >= 0.6 is 0 Å². The molecule has 0 aliphatic carbocycles. The summed E-state index contributed by atoms with van der Waals surface area (Å²) >= 11 is 0. The van der Waals surface area contributed by atoms with Crippen molar-refractivity contribution in [3.05, 3.63) is 156 Å². The van der Waals surface area contributed by atoms with Gasteiger partial charge in [0, 0.05) is 18.5 Å². The fraction of sp³-hybridized carbons (Fsp3) is 0.238. The molecule has 0 aliphatic rings. The first-order valence-electron chi connectivity index (χ1n) is 16.9. The highest BCUT2D eigenvalue weighted by Gasteiger charge is 2.35. The van der Waals surface area contributed by atoms with Crippen LogP contribution in [0.2, 0.25) is 0 Å². The van der Waals surface area contributed by atoms with E-state index in [1.807, 2.05) is 120 Å². The number of sulfonamides is 1. The Labute approximate surface area is 301 Å². The summed E-state index contributed by atoms with van der Waals surface area (Å²) < 4.78 is 35.9. The molecule has 0 heterocycles. The predicted octanol–water partition coefficient (Wildman–Crippen LogP) is 7.85. The Kier molecular flexibility index (Phi) is 11.6. The first-order valence-corrected chi connectivity index (χ1v) is 18.4. The third kappa shape index (κ3) is 9.86. The monoisotopic (exact) mass is 703 g/mol. The second-order valence-electron chi connectivity index (χ2n) is 13.6. The molecule has 0 saturated heterocycles. The van der Waals surface area contributed by atoms with Crippen LogP contribution in [-0.4, -0.2) is 43.3 Å². The molecule has 51 heavy (non-hydrogen) atoms. The molecule has 9 heteroatoms. The number of nitrogens with one attached hydrogen (secondary N) is 1. The van der Waals surface area contributed by atoms with E-state index in [4.69, 9.17) is 4.74 Å². The number of carbonyl (C=O) groups excluding carboxylic acids is 2. The van der Waals surface area contributed by atoms with Crippen LogP contribution in [0.4, 0.5) is 5.69 Å². The van der Waals surface area contributed by atoms with Crippen molar-refractivity contribution >= 4 is 27.5 Å². The number of hydrogen-bond acceptors (Lipinski definition) is 5. The third-order valence-corrected chi connectivity index (χ3v) is 10.2. The number of carbonyl (C=O) groups is 2. The Hall–Kier alpha value is -5.41. The maximum Gasteiger partial charge on any atom is 0.264 e. The Bertz CT molecular complexity index is 2030. The van der Waals surface area contributed by atoms with E-state index in [1.165, 1.54) is 17.0 Å². The van der Waals surface area contributed by atoms with Crippen LogP contribution in [0.15, 0.2) is 138 Å². The minimum atomic E-state index is -4.24. The molecule has 1 N–H and O–H groups in total. The van der Waals surface area contributed by atoms with Crippen molar-refractivity contribution in [3.8, 4) is 11.5 Å². The Morgan fingerprint density at radius 3 is 1.90 bits per heavy atom. The maximum atomic E-state index is 14.8. The van der Waals surface area contributed by atoms with Crippen LogP contribution in [0, 0.1) is 13.8 Å². The standard InChI is InChI=1S/C42H45N3O5S/c1-31-20-26-38(27-21-31)51(48,49)45(35-22-24-37(25-23-35)50-36-18-10-7-11-19-36)30-40(46)44(29-34-17-13-12-14-32(34)2)39(41(47)43-42(3,4)5)28-33-15-8-6-9-16-33/h6-27,39H,28-30H2,1-5H3,(H,43,47). The van der Waals surface area contributed by atoms with E-state index >= 15 is 0 Å². The molecular formula is C42H45N3O5S. The Morgan fingerprint density at radius 2 is 1.29 bits per heavy atom. The van der Waals surface area contributed by atoms with Crippen molar-refractivity contribution in [3.63, 3.8) is 0 Å². The van der Waals surface area contributed by atoms with E-state index in [1.54, 1.807) is 36.4 Å². The van der Waals surface area contributed by atoms with Crippen molar-refractivity contribution in [2.75, 3.05) is 10.8 Å². The summed E-state index contributed by atoms with van der Waals surface area (Å²) in [4.78, 5) is 30.5. The van der Waals surface area contributed by atoms with Crippen LogP contribution in [0.25, 0.3) is 0 Å². The molecular weight excluding hydrogens is 659 g/mol. The van der Waals surface area contributed by atoms with Gasteiger partial charge in [0.05, 0.1) is 10.6 Å². The molecule has 8 nitrogen and oxygen atoms in total. The summed E-state index contributed by atoms with van der Waals surface area (Å²) in [5, 5.41) is 3.07. The topological polar surface area (TPSA) is 96.0 Å². The van der Waals surface area contributed by atoms with E-state index in [2.05, 4.69) is 5.32 Å². The molecule has 5 rings (SSSR count). The molecule has 1 unspecified atom stereocenters. The van der Waals surface area contributed by atoms with Gasteiger partial charge in [-0.1, -0.05) is 90.5 Å². The molecule has 5 aromatic carbocycles. The summed E-state index contributed by atoms with van der Waals surface area (Å²) in [6.07, 6.45) is 0.233. The van der Waals surface area contributed by atoms with Gasteiger partial charge in [-0.05, 0) is 99.8 Å². The number of anilines is 1. The fourth-order valence-corrected chi connectivity index (χ4v) is 7.06. The number of benzene rings is 5. The van der Waals surface area contributed by atoms with Crippen molar-refractivity contribution in [1.29, 1.82) is 0 Å². The van der Waals surface area contributed by atoms with E-state index in [9.17, 15) is 18.0 Å². The summed E-state index contributed by atoms with van der Waals surface area (Å²) in [6, 6.07) is 38.6. The van der Waals surface area contributed by atoms with Gasteiger partial charge in [0.2, 0.25) is 11.8 Å². The molecule has 0 aliphatic heterocycles. The van der Waals surface area contributed by atoms with Crippen LogP contribution in [-0.2, 0) is 32.6 Å². The number of amides is 2. The van der Waals surface area contributed by atoms with Gasteiger partial charge >= 0.3 is 0 Å². The molecule has 0 saturated carbocycles. The minimum Gasteiger partial charge on any atom is -0.457 e. The van der Waals surface area contributed by atoms with Crippen molar-refractivity contribution < 1.29 is 22.7 Å². The number of aryl methyl sites for hydroxylation is 2. The molecule has 0 radical (unpaired) electrons. The molecule has 0 fully saturated rings. The average molecular weight is 704 g/mol. The van der Waals surface area contributed by atoms with E-state index in [0.717, 1.165) is 26.6 Å². The molecule has 0 aromatic heterocycles. The highest BCUT2D eigenvalue weighted by atomic mass is 32.2. The van der Waals surface area contributed by atoms with Gasteiger partial charge in [-0.25, -0.2) is 8.42 Å². The van der Waals surface area contributed by atoms with Crippen molar-refractivity contribution in [2.24, 2.45) is 0 Å². The maximum absolute atomic E-state index is 14.8. The van der Waals surface area contributed by atoms with Gasteiger partial charge in [0.1, 0.15) is 24.1 Å². The summed E-state index contributed by atoms with van der Waals surface area (Å²) in [5.41, 5.74) is 3.27. The first kappa shape index (κ1) is 36.9. The van der Waals surface area contributed by atoms with Crippen LogP contribution in [0.1, 0.15) is 43.0 Å². The number of hydrogen-bond donors (Lipinski definition) is 1. The second-order valence-corrected chi connectivity index (χ2v) is 15.5. The molecule has 2 amide bonds. The van der Waals surface area contributed by atoms with Crippen molar-refractivity contribution in [2.45, 2.75) is 64.1 Å². The molecule has 0 bridgehead atoms. The molecule has 5 aromatic rings. The van der Waals surface area contributed by atoms with Gasteiger partial charge in [0.15, 0.2) is 0 Å².